The molecular formula is C39H34F2N6O3. The van der Waals surface area contributed by atoms with Crippen LogP contribution in [0.3, 0.4) is 0 Å². The van der Waals surface area contributed by atoms with Gasteiger partial charge < -0.3 is 20.9 Å². The van der Waals surface area contributed by atoms with E-state index in [0.29, 0.717) is 22.5 Å². The number of nitrogens with one attached hydrogen (secondary N) is 3. The smallest absolute Gasteiger partial charge is 0.266 e. The summed E-state index contributed by atoms with van der Waals surface area (Å²) in [4.78, 5) is 45.2. The molecular weight excluding hydrogens is 638 g/mol. The first kappa shape index (κ1) is 33.7. The summed E-state index contributed by atoms with van der Waals surface area (Å²) in [7, 11) is 4.04. The Morgan fingerprint density at radius 1 is 0.920 bits per heavy atom. The van der Waals surface area contributed by atoms with Crippen molar-refractivity contribution in [3.05, 3.63) is 165 Å². The second-order valence-corrected chi connectivity index (χ2v) is 12.0. The Morgan fingerprint density at radius 3 is 2.42 bits per heavy atom. The van der Waals surface area contributed by atoms with Crippen molar-refractivity contribution in [2.24, 2.45) is 0 Å². The van der Waals surface area contributed by atoms with E-state index in [-0.39, 0.29) is 24.6 Å². The molecule has 0 atom stereocenters. The zero-order chi connectivity index (χ0) is 35.2. The van der Waals surface area contributed by atoms with Crippen LogP contribution in [0.2, 0.25) is 0 Å². The lowest BCUT2D eigenvalue weighted by Gasteiger charge is -2.16. The number of nitrogens with zero attached hydrogens (tertiary/aromatic N) is 3. The van der Waals surface area contributed by atoms with Gasteiger partial charge in [0, 0.05) is 36.2 Å². The van der Waals surface area contributed by atoms with Crippen molar-refractivity contribution in [3.8, 4) is 0 Å². The van der Waals surface area contributed by atoms with Crippen molar-refractivity contribution in [2.45, 2.75) is 13.1 Å². The number of carbonyl (C=O) groups excluding carboxylic acids is 2. The van der Waals surface area contributed by atoms with Crippen LogP contribution in [0.5, 0.6) is 0 Å². The lowest BCUT2D eigenvalue weighted by molar-refractivity contribution is -0.110. The molecule has 0 fully saturated rings. The largest absolute Gasteiger partial charge is 0.354 e. The van der Waals surface area contributed by atoms with Crippen LogP contribution in [0.25, 0.3) is 17.3 Å². The van der Waals surface area contributed by atoms with Crippen molar-refractivity contribution < 1.29 is 18.4 Å². The summed E-state index contributed by atoms with van der Waals surface area (Å²) in [6.07, 6.45) is 5.91. The van der Waals surface area contributed by atoms with Crippen LogP contribution in [-0.2, 0) is 17.9 Å². The van der Waals surface area contributed by atoms with Crippen molar-refractivity contribution in [2.75, 3.05) is 31.3 Å². The zero-order valence-electron chi connectivity index (χ0n) is 27.4. The molecule has 0 aliphatic carbocycles. The van der Waals surface area contributed by atoms with Crippen LogP contribution in [0.4, 0.5) is 20.2 Å². The highest BCUT2D eigenvalue weighted by molar-refractivity contribution is 6.37. The Morgan fingerprint density at radius 2 is 1.68 bits per heavy atom. The van der Waals surface area contributed by atoms with Crippen LogP contribution in [0.15, 0.2) is 114 Å². The summed E-state index contributed by atoms with van der Waals surface area (Å²) in [6.45, 7) is 0.852. The number of benzene rings is 4. The van der Waals surface area contributed by atoms with Gasteiger partial charge in [0.2, 0.25) is 0 Å². The highest BCUT2D eigenvalue weighted by atomic mass is 19.2. The van der Waals surface area contributed by atoms with Gasteiger partial charge in [0.1, 0.15) is 5.56 Å². The second-order valence-electron chi connectivity index (χ2n) is 12.0. The van der Waals surface area contributed by atoms with Crippen molar-refractivity contribution in [1.29, 1.82) is 0 Å². The van der Waals surface area contributed by atoms with Crippen molar-refractivity contribution >= 4 is 40.5 Å². The Labute approximate surface area is 287 Å². The SMILES string of the molecule is CN(C)Cc1ccc(N/C(=C2\C(=O)Nc3cc(/C=C/CNC(=O)c4cncn(Cc5ccc(F)c(F)c5)c4=O)ccc32)c2ccccc2)cc1. The first-order valence-corrected chi connectivity index (χ1v) is 15.9. The number of halogens is 2. The Balaban J connectivity index is 1.16. The van der Waals surface area contributed by atoms with Gasteiger partial charge in [0.05, 0.1) is 24.1 Å². The van der Waals surface area contributed by atoms with Gasteiger partial charge in [-0.2, -0.15) is 0 Å². The Hall–Kier alpha value is -6.20. The van der Waals surface area contributed by atoms with Gasteiger partial charge in [-0.15, -0.1) is 0 Å². The first-order valence-electron chi connectivity index (χ1n) is 15.9. The Kier molecular flexibility index (Phi) is 10.1. The summed E-state index contributed by atoms with van der Waals surface area (Å²) < 4.78 is 28.1. The van der Waals surface area contributed by atoms with E-state index in [1.807, 2.05) is 74.8 Å². The predicted molar refractivity (Wildman–Crippen MR) is 191 cm³/mol. The lowest BCUT2D eigenvalue weighted by Crippen LogP contribution is -2.33. The summed E-state index contributed by atoms with van der Waals surface area (Å²) in [6, 6.07) is 26.8. The van der Waals surface area contributed by atoms with Crippen LogP contribution >= 0.6 is 0 Å². The monoisotopic (exact) mass is 672 g/mol. The van der Waals surface area contributed by atoms with Crippen LogP contribution in [0.1, 0.15) is 38.2 Å². The van der Waals surface area contributed by atoms with Crippen molar-refractivity contribution in [3.63, 3.8) is 0 Å². The number of rotatable bonds is 11. The number of hydrogen-bond donors (Lipinski definition) is 3. The highest BCUT2D eigenvalue weighted by Crippen LogP contribution is 2.38. The molecule has 1 aliphatic heterocycles. The number of carbonyl (C=O) groups is 2. The fourth-order valence-electron chi connectivity index (χ4n) is 5.62. The molecule has 2 amide bonds. The minimum absolute atomic E-state index is 0.0805. The molecule has 252 valence electrons. The predicted octanol–water partition coefficient (Wildman–Crippen LogP) is 6.01. The average Bonchev–Trinajstić information content (AvgIpc) is 3.43. The summed E-state index contributed by atoms with van der Waals surface area (Å²) in [5, 5.41) is 9.15. The minimum Gasteiger partial charge on any atom is -0.354 e. The van der Waals surface area contributed by atoms with Crippen LogP contribution in [-0.4, -0.2) is 46.9 Å². The lowest BCUT2D eigenvalue weighted by atomic mass is 9.99. The molecule has 2 heterocycles. The molecule has 0 saturated carbocycles. The standard InChI is InChI=1S/C39H34F2N6O3/c1-46(2)22-26-10-14-29(15-11-26)44-36(28-8-4-3-5-9-28)35-30-16-12-25(20-34(30)45-38(35)49)7-6-18-43-37(48)31-21-42-24-47(39(31)50)23-27-13-17-32(40)33(41)19-27/h3-17,19-21,24,44H,18,22-23H2,1-2H3,(H,43,48)(H,45,49)/b7-6+,36-35-. The van der Waals surface area contributed by atoms with E-state index >= 15 is 0 Å². The third-order valence-electron chi connectivity index (χ3n) is 8.00. The van der Waals surface area contributed by atoms with Gasteiger partial charge in [-0.25, -0.2) is 13.8 Å². The van der Waals surface area contributed by atoms with Gasteiger partial charge >= 0.3 is 0 Å². The van der Waals surface area contributed by atoms with Gasteiger partial charge in [-0.05, 0) is 66.7 Å². The summed E-state index contributed by atoms with van der Waals surface area (Å²) >= 11 is 0. The number of amides is 2. The van der Waals surface area contributed by atoms with Gasteiger partial charge in [-0.1, -0.05) is 72.8 Å². The Bertz CT molecular complexity index is 2180. The van der Waals surface area contributed by atoms with E-state index in [4.69, 9.17) is 0 Å². The molecule has 1 aromatic heterocycles. The summed E-state index contributed by atoms with van der Waals surface area (Å²) in [5.41, 5.74) is 5.87. The third kappa shape index (κ3) is 7.74. The molecule has 0 unspecified atom stereocenters. The molecule has 6 rings (SSSR count). The molecule has 1 aliphatic rings. The maximum atomic E-state index is 13.6. The highest BCUT2D eigenvalue weighted by Gasteiger charge is 2.28. The number of hydrogen-bond acceptors (Lipinski definition) is 6. The van der Waals surface area contributed by atoms with E-state index in [9.17, 15) is 23.2 Å². The number of fused-ring (bicyclic) bond motifs is 1. The fraction of sp³-hybridized carbons (Fsp3) is 0.128. The molecule has 5 aromatic rings. The molecule has 9 nitrogen and oxygen atoms in total. The van der Waals surface area contributed by atoms with Gasteiger partial charge in [-0.3, -0.25) is 19.0 Å². The normalized spacial score (nSPS) is 13.3. The summed E-state index contributed by atoms with van der Waals surface area (Å²) in [5.74, 6) is -2.88. The van der Waals surface area contributed by atoms with Gasteiger partial charge in [0.15, 0.2) is 11.6 Å². The second kappa shape index (κ2) is 14.9. The fourth-order valence-corrected chi connectivity index (χ4v) is 5.62. The average molecular weight is 673 g/mol. The maximum absolute atomic E-state index is 13.6. The first-order chi connectivity index (χ1) is 24.2. The topological polar surface area (TPSA) is 108 Å². The van der Waals surface area contributed by atoms with E-state index in [1.165, 1.54) is 18.0 Å². The van der Waals surface area contributed by atoms with Crippen LogP contribution in [0, 0.1) is 11.6 Å². The molecule has 3 N–H and O–H groups in total. The quantitative estimate of drug-likeness (QED) is 0.149. The number of anilines is 2. The maximum Gasteiger partial charge on any atom is 0.266 e. The molecule has 0 radical (unpaired) electrons. The number of aromatic nitrogens is 2. The molecule has 4 aromatic carbocycles. The van der Waals surface area contributed by atoms with E-state index in [2.05, 4.69) is 38.0 Å². The van der Waals surface area contributed by atoms with E-state index < -0.39 is 23.1 Å². The molecule has 0 saturated heterocycles. The van der Waals surface area contributed by atoms with E-state index in [0.717, 1.165) is 51.8 Å². The molecule has 0 spiro atoms. The third-order valence-corrected chi connectivity index (χ3v) is 8.00. The van der Waals surface area contributed by atoms with E-state index in [1.54, 1.807) is 12.2 Å². The molecule has 11 heteroatoms. The van der Waals surface area contributed by atoms with Crippen molar-refractivity contribution in [1.82, 2.24) is 19.8 Å². The zero-order valence-corrected chi connectivity index (χ0v) is 27.4. The molecule has 50 heavy (non-hydrogen) atoms. The van der Waals surface area contributed by atoms with Gasteiger partial charge in [0.25, 0.3) is 17.4 Å². The molecule has 0 bridgehead atoms. The minimum atomic E-state index is -1.03. The van der Waals surface area contributed by atoms with Crippen LogP contribution < -0.4 is 21.5 Å².